The molecule has 0 atom stereocenters. The Hall–Kier alpha value is -2.04. The molecule has 0 fully saturated rings. The van der Waals surface area contributed by atoms with Crippen LogP contribution < -0.4 is 10.2 Å². The minimum atomic E-state index is -0.958. The van der Waals surface area contributed by atoms with Crippen LogP contribution in [0.5, 0.6) is 0 Å². The standard InChI is InChI=1S/C13H18N2O3/c1-3-14-12(16)8-15(9-13(17)18)11-6-4-10(2)5-7-11/h4-7H,3,8-9H2,1-2H3,(H,14,16)(H,17,18). The van der Waals surface area contributed by atoms with Crippen molar-refractivity contribution in [3.05, 3.63) is 29.8 Å². The number of amides is 1. The SMILES string of the molecule is CCNC(=O)CN(CC(=O)O)c1ccc(C)cc1. The molecule has 5 heteroatoms. The third-order valence-electron chi connectivity index (χ3n) is 2.43. The normalized spacial score (nSPS) is 9.89. The van der Waals surface area contributed by atoms with Crippen LogP contribution in [-0.4, -0.2) is 36.6 Å². The lowest BCUT2D eigenvalue weighted by Crippen LogP contribution is -2.39. The van der Waals surface area contributed by atoms with Crippen LogP contribution in [0.3, 0.4) is 0 Å². The molecule has 0 radical (unpaired) electrons. The van der Waals surface area contributed by atoms with Gasteiger partial charge in [0, 0.05) is 12.2 Å². The van der Waals surface area contributed by atoms with E-state index in [1.54, 1.807) is 0 Å². The number of aliphatic carboxylic acids is 1. The predicted molar refractivity (Wildman–Crippen MR) is 69.7 cm³/mol. The Balaban J connectivity index is 2.80. The fourth-order valence-electron chi connectivity index (χ4n) is 1.58. The lowest BCUT2D eigenvalue weighted by Gasteiger charge is -2.22. The number of hydrogen-bond acceptors (Lipinski definition) is 3. The highest BCUT2D eigenvalue weighted by Crippen LogP contribution is 2.14. The molecule has 18 heavy (non-hydrogen) atoms. The monoisotopic (exact) mass is 250 g/mol. The Morgan fingerprint density at radius 2 is 1.83 bits per heavy atom. The van der Waals surface area contributed by atoms with Gasteiger partial charge in [0.2, 0.25) is 5.91 Å². The van der Waals surface area contributed by atoms with Gasteiger partial charge >= 0.3 is 5.97 Å². The minimum absolute atomic E-state index is 0.0448. The van der Waals surface area contributed by atoms with Crippen LogP contribution in [0.2, 0.25) is 0 Å². The summed E-state index contributed by atoms with van der Waals surface area (Å²) in [5, 5.41) is 11.5. The van der Waals surface area contributed by atoms with E-state index in [1.165, 1.54) is 4.90 Å². The van der Waals surface area contributed by atoms with Gasteiger partial charge in [0.1, 0.15) is 6.54 Å². The average Bonchev–Trinajstić information content (AvgIpc) is 2.28. The van der Waals surface area contributed by atoms with E-state index in [0.29, 0.717) is 6.54 Å². The highest BCUT2D eigenvalue weighted by atomic mass is 16.4. The third kappa shape index (κ3) is 4.45. The van der Waals surface area contributed by atoms with Gasteiger partial charge < -0.3 is 15.3 Å². The molecule has 1 aromatic carbocycles. The van der Waals surface area contributed by atoms with Crippen molar-refractivity contribution in [2.75, 3.05) is 24.5 Å². The lowest BCUT2D eigenvalue weighted by molar-refractivity contribution is -0.135. The molecule has 5 nitrogen and oxygen atoms in total. The molecule has 0 aliphatic carbocycles. The summed E-state index contributed by atoms with van der Waals surface area (Å²) in [5.74, 6) is -1.14. The molecule has 2 N–H and O–H groups in total. The molecular formula is C13H18N2O3. The van der Waals surface area contributed by atoms with Crippen molar-refractivity contribution in [3.8, 4) is 0 Å². The molecule has 98 valence electrons. The number of benzene rings is 1. The first-order chi connectivity index (χ1) is 8.52. The summed E-state index contributed by atoms with van der Waals surface area (Å²) in [5.41, 5.74) is 1.82. The molecule has 0 saturated carbocycles. The summed E-state index contributed by atoms with van der Waals surface area (Å²) in [7, 11) is 0. The van der Waals surface area contributed by atoms with E-state index in [9.17, 15) is 9.59 Å². The second-order valence-corrected chi connectivity index (χ2v) is 4.04. The first kappa shape index (κ1) is 14.0. The van der Waals surface area contributed by atoms with Crippen LogP contribution in [0.1, 0.15) is 12.5 Å². The zero-order valence-electron chi connectivity index (χ0n) is 10.6. The maximum absolute atomic E-state index is 11.5. The minimum Gasteiger partial charge on any atom is -0.480 e. The quantitative estimate of drug-likeness (QED) is 0.791. The molecule has 1 rings (SSSR count). The zero-order valence-corrected chi connectivity index (χ0v) is 10.6. The molecule has 0 heterocycles. The summed E-state index contributed by atoms with van der Waals surface area (Å²) in [6, 6.07) is 7.42. The van der Waals surface area contributed by atoms with Crippen molar-refractivity contribution >= 4 is 17.6 Å². The maximum atomic E-state index is 11.5. The number of carboxylic acid groups (broad SMARTS) is 1. The van der Waals surface area contributed by atoms with E-state index in [1.807, 2.05) is 38.1 Å². The summed E-state index contributed by atoms with van der Waals surface area (Å²) in [6.45, 7) is 4.16. The third-order valence-corrected chi connectivity index (χ3v) is 2.43. The van der Waals surface area contributed by atoms with E-state index < -0.39 is 5.97 Å². The van der Waals surface area contributed by atoms with E-state index in [2.05, 4.69) is 5.32 Å². The first-order valence-corrected chi connectivity index (χ1v) is 5.83. The topological polar surface area (TPSA) is 69.6 Å². The van der Waals surface area contributed by atoms with Crippen molar-refractivity contribution in [1.82, 2.24) is 5.32 Å². The van der Waals surface area contributed by atoms with Crippen LogP contribution in [0.15, 0.2) is 24.3 Å². The second-order valence-electron chi connectivity index (χ2n) is 4.04. The lowest BCUT2D eigenvalue weighted by atomic mass is 10.2. The second kappa shape index (κ2) is 6.64. The fourth-order valence-corrected chi connectivity index (χ4v) is 1.58. The number of nitrogens with zero attached hydrogens (tertiary/aromatic N) is 1. The summed E-state index contributed by atoms with van der Waals surface area (Å²) >= 11 is 0. The summed E-state index contributed by atoms with van der Waals surface area (Å²) < 4.78 is 0. The van der Waals surface area contributed by atoms with Crippen LogP contribution >= 0.6 is 0 Å². The van der Waals surface area contributed by atoms with Crippen LogP contribution in [0, 0.1) is 6.92 Å². The molecule has 1 aromatic rings. The Morgan fingerprint density at radius 3 is 2.33 bits per heavy atom. The Morgan fingerprint density at radius 1 is 1.22 bits per heavy atom. The van der Waals surface area contributed by atoms with Crippen LogP contribution in [-0.2, 0) is 9.59 Å². The Kier molecular flexibility index (Phi) is 5.17. The Labute approximate surface area is 106 Å². The van der Waals surface area contributed by atoms with Crippen molar-refractivity contribution in [3.63, 3.8) is 0 Å². The average molecular weight is 250 g/mol. The smallest absolute Gasteiger partial charge is 0.323 e. The first-order valence-electron chi connectivity index (χ1n) is 5.83. The van der Waals surface area contributed by atoms with Gasteiger partial charge in [0.25, 0.3) is 0 Å². The van der Waals surface area contributed by atoms with Crippen LogP contribution in [0.25, 0.3) is 0 Å². The highest BCUT2D eigenvalue weighted by Gasteiger charge is 2.14. The van der Waals surface area contributed by atoms with Gasteiger partial charge in [0.05, 0.1) is 6.54 Å². The number of carbonyl (C=O) groups excluding carboxylic acids is 1. The number of hydrogen-bond donors (Lipinski definition) is 2. The predicted octanol–water partition coefficient (Wildman–Crippen LogP) is 1.02. The number of carbonyl (C=O) groups is 2. The molecule has 0 saturated heterocycles. The molecule has 0 aliphatic rings. The van der Waals surface area contributed by atoms with E-state index >= 15 is 0 Å². The van der Waals surface area contributed by atoms with E-state index in [-0.39, 0.29) is 19.0 Å². The maximum Gasteiger partial charge on any atom is 0.323 e. The number of nitrogens with one attached hydrogen (secondary N) is 1. The van der Waals surface area contributed by atoms with Gasteiger partial charge in [-0.15, -0.1) is 0 Å². The van der Waals surface area contributed by atoms with Crippen molar-refractivity contribution in [2.45, 2.75) is 13.8 Å². The largest absolute Gasteiger partial charge is 0.480 e. The van der Waals surface area contributed by atoms with Crippen molar-refractivity contribution in [2.24, 2.45) is 0 Å². The fraction of sp³-hybridized carbons (Fsp3) is 0.385. The number of rotatable bonds is 6. The van der Waals surface area contributed by atoms with Crippen LogP contribution in [0.4, 0.5) is 5.69 Å². The highest BCUT2D eigenvalue weighted by molar-refractivity contribution is 5.84. The molecule has 1 amide bonds. The Bertz CT molecular complexity index is 415. The van der Waals surface area contributed by atoms with Gasteiger partial charge in [-0.3, -0.25) is 9.59 Å². The molecule has 0 aromatic heterocycles. The molecule has 0 bridgehead atoms. The number of likely N-dealkylation sites (N-methyl/N-ethyl adjacent to an activating group) is 1. The van der Waals surface area contributed by atoms with E-state index in [0.717, 1.165) is 11.3 Å². The molecule has 0 spiro atoms. The van der Waals surface area contributed by atoms with Gasteiger partial charge in [-0.05, 0) is 26.0 Å². The van der Waals surface area contributed by atoms with Crippen molar-refractivity contribution in [1.29, 1.82) is 0 Å². The summed E-state index contributed by atoms with van der Waals surface area (Å²) in [4.78, 5) is 23.9. The van der Waals surface area contributed by atoms with E-state index in [4.69, 9.17) is 5.11 Å². The number of anilines is 1. The number of aryl methyl sites for hydroxylation is 1. The molecular weight excluding hydrogens is 232 g/mol. The molecule has 0 unspecified atom stereocenters. The van der Waals surface area contributed by atoms with Crippen molar-refractivity contribution < 1.29 is 14.7 Å². The van der Waals surface area contributed by atoms with Gasteiger partial charge in [-0.25, -0.2) is 0 Å². The number of carboxylic acids is 1. The van der Waals surface area contributed by atoms with Gasteiger partial charge in [-0.2, -0.15) is 0 Å². The summed E-state index contributed by atoms with van der Waals surface area (Å²) in [6.07, 6.45) is 0. The van der Waals surface area contributed by atoms with Gasteiger partial charge in [0.15, 0.2) is 0 Å². The zero-order chi connectivity index (χ0) is 13.5. The van der Waals surface area contributed by atoms with Gasteiger partial charge in [-0.1, -0.05) is 17.7 Å². The molecule has 0 aliphatic heterocycles.